The Morgan fingerprint density at radius 1 is 0.952 bits per heavy atom. The molecule has 0 aliphatic rings. The van der Waals surface area contributed by atoms with Crippen LogP contribution in [0.15, 0.2) is 0 Å². The first kappa shape index (κ1) is 20.1. The first-order valence-corrected chi connectivity index (χ1v) is 8.36. The highest BCUT2D eigenvalue weighted by molar-refractivity contribution is 5.75. The molecule has 0 unspecified atom stereocenters. The minimum Gasteiger partial charge on any atom is -0.381 e. The van der Waals surface area contributed by atoms with Crippen LogP contribution in [-0.4, -0.2) is 31.4 Å². The molecule has 0 rings (SSSR count). The molecule has 1 N–H and O–H groups in total. The predicted octanol–water partition coefficient (Wildman–Crippen LogP) is 3.49. The van der Waals surface area contributed by atoms with Crippen molar-refractivity contribution in [2.24, 2.45) is 5.92 Å². The van der Waals surface area contributed by atoms with Crippen LogP contribution in [0.25, 0.3) is 0 Å². The lowest BCUT2D eigenvalue weighted by molar-refractivity contribution is -0.121. The van der Waals surface area contributed by atoms with Gasteiger partial charge in [-0.2, -0.15) is 0 Å². The molecule has 0 fully saturated rings. The first-order valence-electron chi connectivity index (χ1n) is 8.36. The SMILES string of the molecule is CC(=O)CCCCCCCNC(=O)CCCOCC(C)C. The third-order valence-corrected chi connectivity index (χ3v) is 3.17. The molecule has 0 bridgehead atoms. The van der Waals surface area contributed by atoms with Gasteiger partial charge in [0.05, 0.1) is 0 Å². The Balaban J connectivity index is 3.21. The van der Waals surface area contributed by atoms with Crippen molar-refractivity contribution in [3.63, 3.8) is 0 Å². The molecule has 1 amide bonds. The summed E-state index contributed by atoms with van der Waals surface area (Å²) in [5, 5.41) is 2.94. The second kappa shape index (κ2) is 14.1. The number of ether oxygens (including phenoxy) is 1. The summed E-state index contributed by atoms with van der Waals surface area (Å²) in [7, 11) is 0. The zero-order chi connectivity index (χ0) is 15.9. The molecule has 0 aromatic heterocycles. The van der Waals surface area contributed by atoms with Crippen molar-refractivity contribution in [3.8, 4) is 0 Å². The smallest absolute Gasteiger partial charge is 0.220 e. The van der Waals surface area contributed by atoms with E-state index >= 15 is 0 Å². The Kier molecular flexibility index (Phi) is 13.5. The van der Waals surface area contributed by atoms with Crippen LogP contribution >= 0.6 is 0 Å². The minimum atomic E-state index is 0.125. The van der Waals surface area contributed by atoms with E-state index in [-0.39, 0.29) is 11.7 Å². The summed E-state index contributed by atoms with van der Waals surface area (Å²) >= 11 is 0. The topological polar surface area (TPSA) is 55.4 Å². The van der Waals surface area contributed by atoms with Gasteiger partial charge in [-0.1, -0.05) is 33.1 Å². The van der Waals surface area contributed by atoms with Gasteiger partial charge >= 0.3 is 0 Å². The molecule has 0 aliphatic heterocycles. The van der Waals surface area contributed by atoms with Gasteiger partial charge in [-0.25, -0.2) is 0 Å². The maximum atomic E-state index is 11.5. The number of carbonyl (C=O) groups excluding carboxylic acids is 2. The molecule has 0 saturated heterocycles. The average Bonchev–Trinajstić information content (AvgIpc) is 2.40. The molecule has 0 spiro atoms. The zero-order valence-corrected chi connectivity index (χ0v) is 14.1. The fourth-order valence-electron chi connectivity index (χ4n) is 2.00. The van der Waals surface area contributed by atoms with Crippen molar-refractivity contribution in [1.82, 2.24) is 5.32 Å². The number of hydrogen-bond donors (Lipinski definition) is 1. The van der Waals surface area contributed by atoms with E-state index in [1.54, 1.807) is 6.92 Å². The van der Waals surface area contributed by atoms with Crippen LogP contribution in [0.4, 0.5) is 0 Å². The fraction of sp³-hybridized carbons (Fsp3) is 0.882. The van der Waals surface area contributed by atoms with Crippen molar-refractivity contribution in [3.05, 3.63) is 0 Å². The second-order valence-electron chi connectivity index (χ2n) is 6.14. The Morgan fingerprint density at radius 3 is 2.29 bits per heavy atom. The molecule has 0 aromatic carbocycles. The van der Waals surface area contributed by atoms with Gasteiger partial charge in [0.15, 0.2) is 0 Å². The number of carbonyl (C=O) groups is 2. The van der Waals surface area contributed by atoms with Gasteiger partial charge in [-0.3, -0.25) is 4.79 Å². The highest BCUT2D eigenvalue weighted by Gasteiger charge is 2.01. The Bertz CT molecular complexity index is 277. The van der Waals surface area contributed by atoms with Crippen molar-refractivity contribution < 1.29 is 14.3 Å². The van der Waals surface area contributed by atoms with Crippen LogP contribution in [0.1, 0.15) is 72.1 Å². The lowest BCUT2D eigenvalue weighted by Gasteiger charge is -2.07. The highest BCUT2D eigenvalue weighted by atomic mass is 16.5. The number of amides is 1. The Hall–Kier alpha value is -0.900. The van der Waals surface area contributed by atoms with Gasteiger partial charge in [0, 0.05) is 32.6 Å². The molecule has 21 heavy (non-hydrogen) atoms. The summed E-state index contributed by atoms with van der Waals surface area (Å²) in [5.41, 5.74) is 0. The molecule has 0 atom stereocenters. The zero-order valence-electron chi connectivity index (χ0n) is 14.1. The largest absolute Gasteiger partial charge is 0.381 e. The van der Waals surface area contributed by atoms with Gasteiger partial charge in [0.1, 0.15) is 5.78 Å². The van der Waals surface area contributed by atoms with Crippen LogP contribution in [-0.2, 0) is 14.3 Å². The molecule has 0 saturated carbocycles. The van der Waals surface area contributed by atoms with Crippen LogP contribution in [0.2, 0.25) is 0 Å². The normalized spacial score (nSPS) is 10.9. The highest BCUT2D eigenvalue weighted by Crippen LogP contribution is 2.05. The molecule has 0 radical (unpaired) electrons. The van der Waals surface area contributed by atoms with Crippen LogP contribution in [0.3, 0.4) is 0 Å². The van der Waals surface area contributed by atoms with Crippen molar-refractivity contribution in [1.29, 1.82) is 0 Å². The molecular weight excluding hydrogens is 266 g/mol. The van der Waals surface area contributed by atoms with Gasteiger partial charge < -0.3 is 14.8 Å². The molecule has 4 heteroatoms. The number of nitrogens with one attached hydrogen (secondary N) is 1. The molecular formula is C17H33NO3. The number of ketones is 1. The lowest BCUT2D eigenvalue weighted by atomic mass is 10.1. The molecule has 124 valence electrons. The van der Waals surface area contributed by atoms with E-state index in [0.717, 1.165) is 51.7 Å². The van der Waals surface area contributed by atoms with Gasteiger partial charge in [-0.15, -0.1) is 0 Å². The van der Waals surface area contributed by atoms with E-state index in [4.69, 9.17) is 4.74 Å². The minimum absolute atomic E-state index is 0.125. The average molecular weight is 299 g/mol. The van der Waals surface area contributed by atoms with Crippen LogP contribution in [0.5, 0.6) is 0 Å². The third-order valence-electron chi connectivity index (χ3n) is 3.17. The summed E-state index contributed by atoms with van der Waals surface area (Å²) < 4.78 is 5.44. The maximum Gasteiger partial charge on any atom is 0.220 e. The molecule has 0 aliphatic carbocycles. The van der Waals surface area contributed by atoms with Crippen molar-refractivity contribution in [2.45, 2.75) is 72.1 Å². The summed E-state index contributed by atoms with van der Waals surface area (Å²) in [6.07, 6.45) is 7.45. The van der Waals surface area contributed by atoms with Crippen LogP contribution < -0.4 is 5.32 Å². The van der Waals surface area contributed by atoms with Crippen LogP contribution in [0, 0.1) is 5.92 Å². The van der Waals surface area contributed by atoms with E-state index in [0.29, 0.717) is 25.4 Å². The van der Waals surface area contributed by atoms with Gasteiger partial charge in [0.25, 0.3) is 0 Å². The summed E-state index contributed by atoms with van der Waals surface area (Å²) in [6, 6.07) is 0. The molecule has 4 nitrogen and oxygen atoms in total. The Morgan fingerprint density at radius 2 is 1.62 bits per heavy atom. The first-order chi connectivity index (χ1) is 10.0. The number of hydrogen-bond acceptors (Lipinski definition) is 3. The van der Waals surface area contributed by atoms with Gasteiger partial charge in [0.2, 0.25) is 5.91 Å². The third kappa shape index (κ3) is 17.0. The summed E-state index contributed by atoms with van der Waals surface area (Å²) in [4.78, 5) is 22.3. The lowest BCUT2D eigenvalue weighted by Crippen LogP contribution is -2.24. The maximum absolute atomic E-state index is 11.5. The van der Waals surface area contributed by atoms with Crippen molar-refractivity contribution >= 4 is 11.7 Å². The number of rotatable bonds is 14. The van der Waals surface area contributed by atoms with E-state index in [2.05, 4.69) is 19.2 Å². The predicted molar refractivity (Wildman–Crippen MR) is 86.3 cm³/mol. The summed E-state index contributed by atoms with van der Waals surface area (Å²) in [6.45, 7) is 8.08. The van der Waals surface area contributed by atoms with E-state index in [1.807, 2.05) is 0 Å². The Labute approximate surface area is 130 Å². The quantitative estimate of drug-likeness (QED) is 0.500. The number of unbranched alkanes of at least 4 members (excludes halogenated alkanes) is 4. The van der Waals surface area contributed by atoms with E-state index in [1.165, 1.54) is 0 Å². The van der Waals surface area contributed by atoms with E-state index in [9.17, 15) is 9.59 Å². The summed E-state index contributed by atoms with van der Waals surface area (Å²) in [5.74, 6) is 0.952. The molecule has 0 heterocycles. The fourth-order valence-corrected chi connectivity index (χ4v) is 2.00. The second-order valence-corrected chi connectivity index (χ2v) is 6.14. The van der Waals surface area contributed by atoms with Gasteiger partial charge in [-0.05, 0) is 32.1 Å². The molecule has 0 aromatic rings. The van der Waals surface area contributed by atoms with E-state index < -0.39 is 0 Å². The number of Topliss-reactive ketones (excluding diaryl/α,β-unsaturated/α-hetero) is 1. The monoisotopic (exact) mass is 299 g/mol. The van der Waals surface area contributed by atoms with Crippen molar-refractivity contribution in [2.75, 3.05) is 19.8 Å². The standard InChI is InChI=1S/C17H33NO3/c1-15(2)14-21-13-9-11-17(20)18-12-8-6-4-5-7-10-16(3)19/h15H,4-14H2,1-3H3,(H,18,20).